The van der Waals surface area contributed by atoms with Crippen LogP contribution in [0.3, 0.4) is 0 Å². The Balaban J connectivity index is 4.76. The number of likely N-dealkylation sites (N-methyl/N-ethyl adjacent to an activating group) is 1. The predicted octanol–water partition coefficient (Wildman–Crippen LogP) is 1.03. The average Bonchev–Trinajstić information content (AvgIpc) is 2.25. The second-order valence-electron chi connectivity index (χ2n) is 3.77. The summed E-state index contributed by atoms with van der Waals surface area (Å²) >= 11 is 0. The van der Waals surface area contributed by atoms with E-state index in [4.69, 9.17) is 10.4 Å². The molecular weight excluding hydrogens is 208 g/mol. The molecule has 1 amide bonds. The first-order valence-electron chi connectivity index (χ1n) is 4.87. The summed E-state index contributed by atoms with van der Waals surface area (Å²) in [6.45, 7) is 4.85. The summed E-state index contributed by atoms with van der Waals surface area (Å²) in [7, 11) is 1.55. The summed E-state index contributed by atoms with van der Waals surface area (Å²) in [5, 5.41) is 17.3. The van der Waals surface area contributed by atoms with E-state index in [-0.39, 0.29) is 23.0 Å². The van der Waals surface area contributed by atoms with Gasteiger partial charge in [0.05, 0.1) is 12.0 Å². The quantitative estimate of drug-likeness (QED) is 0.723. The Hall–Kier alpha value is -1.83. The number of carboxylic acid groups (broad SMARTS) is 1. The van der Waals surface area contributed by atoms with Crippen LogP contribution in [0.2, 0.25) is 0 Å². The Morgan fingerprint density at radius 2 is 1.88 bits per heavy atom. The van der Waals surface area contributed by atoms with Crippen LogP contribution in [-0.4, -0.2) is 35.5 Å². The largest absolute Gasteiger partial charge is 0.478 e. The monoisotopic (exact) mass is 224 g/mol. The van der Waals surface area contributed by atoms with Crippen LogP contribution in [0.15, 0.2) is 11.1 Å². The van der Waals surface area contributed by atoms with Crippen molar-refractivity contribution in [3.63, 3.8) is 0 Å². The zero-order valence-electron chi connectivity index (χ0n) is 9.94. The molecule has 0 radical (unpaired) electrons. The van der Waals surface area contributed by atoms with Crippen molar-refractivity contribution < 1.29 is 14.7 Å². The van der Waals surface area contributed by atoms with Crippen LogP contribution in [0.25, 0.3) is 0 Å². The predicted molar refractivity (Wildman–Crippen MR) is 58.4 cm³/mol. The van der Waals surface area contributed by atoms with Crippen LogP contribution in [0.5, 0.6) is 0 Å². The van der Waals surface area contributed by atoms with E-state index in [1.165, 1.54) is 18.7 Å². The molecule has 0 aromatic carbocycles. The van der Waals surface area contributed by atoms with Crippen molar-refractivity contribution >= 4 is 11.9 Å². The van der Waals surface area contributed by atoms with Gasteiger partial charge in [0.1, 0.15) is 0 Å². The lowest BCUT2D eigenvalue weighted by atomic mass is 10.1. The summed E-state index contributed by atoms with van der Waals surface area (Å²) in [6.07, 6.45) is 0. The molecule has 5 nitrogen and oxygen atoms in total. The SMILES string of the molecule is CC(C(=O)O)=C(C)C(=O)N(C)CC(C)C#N. The van der Waals surface area contributed by atoms with E-state index in [1.54, 1.807) is 14.0 Å². The Bertz CT molecular complexity index is 366. The van der Waals surface area contributed by atoms with Gasteiger partial charge in [0, 0.05) is 24.7 Å². The molecule has 0 saturated carbocycles. The summed E-state index contributed by atoms with van der Waals surface area (Å²) < 4.78 is 0. The van der Waals surface area contributed by atoms with Gasteiger partial charge in [-0.1, -0.05) is 0 Å². The zero-order valence-corrected chi connectivity index (χ0v) is 9.94. The second kappa shape index (κ2) is 5.91. The lowest BCUT2D eigenvalue weighted by molar-refractivity contribution is -0.133. The number of amides is 1. The molecule has 0 rings (SSSR count). The van der Waals surface area contributed by atoms with E-state index in [0.29, 0.717) is 6.54 Å². The first-order valence-corrected chi connectivity index (χ1v) is 4.87. The Kier molecular flexibility index (Phi) is 5.23. The molecular formula is C11H16N2O3. The van der Waals surface area contributed by atoms with E-state index in [9.17, 15) is 9.59 Å². The zero-order chi connectivity index (χ0) is 12.9. The summed E-state index contributed by atoms with van der Waals surface area (Å²) in [4.78, 5) is 23.8. The van der Waals surface area contributed by atoms with Gasteiger partial charge in [-0.05, 0) is 20.8 Å². The van der Waals surface area contributed by atoms with Gasteiger partial charge in [-0.15, -0.1) is 0 Å². The number of carboxylic acids is 1. The molecule has 0 aromatic heterocycles. The van der Waals surface area contributed by atoms with Crippen LogP contribution in [-0.2, 0) is 9.59 Å². The van der Waals surface area contributed by atoms with Crippen LogP contribution in [0.4, 0.5) is 0 Å². The lowest BCUT2D eigenvalue weighted by Crippen LogP contribution is -2.32. The average molecular weight is 224 g/mol. The Morgan fingerprint density at radius 1 is 1.38 bits per heavy atom. The van der Waals surface area contributed by atoms with Crippen molar-refractivity contribution in [3.05, 3.63) is 11.1 Å². The van der Waals surface area contributed by atoms with E-state index in [0.717, 1.165) is 0 Å². The maximum Gasteiger partial charge on any atom is 0.331 e. The molecule has 5 heteroatoms. The van der Waals surface area contributed by atoms with Gasteiger partial charge in [0.15, 0.2) is 0 Å². The summed E-state index contributed by atoms with van der Waals surface area (Å²) in [5.41, 5.74) is 0.224. The summed E-state index contributed by atoms with van der Waals surface area (Å²) in [5.74, 6) is -1.73. The molecule has 1 unspecified atom stereocenters. The van der Waals surface area contributed by atoms with Crippen molar-refractivity contribution in [1.29, 1.82) is 5.26 Å². The highest BCUT2D eigenvalue weighted by atomic mass is 16.4. The number of hydrogen-bond donors (Lipinski definition) is 1. The van der Waals surface area contributed by atoms with Crippen LogP contribution >= 0.6 is 0 Å². The fourth-order valence-electron chi connectivity index (χ4n) is 1.14. The molecule has 1 atom stereocenters. The van der Waals surface area contributed by atoms with Crippen molar-refractivity contribution in [2.75, 3.05) is 13.6 Å². The number of hydrogen-bond acceptors (Lipinski definition) is 3. The molecule has 0 heterocycles. The van der Waals surface area contributed by atoms with E-state index >= 15 is 0 Å². The van der Waals surface area contributed by atoms with Gasteiger partial charge >= 0.3 is 5.97 Å². The lowest BCUT2D eigenvalue weighted by Gasteiger charge is -2.19. The smallest absolute Gasteiger partial charge is 0.331 e. The molecule has 16 heavy (non-hydrogen) atoms. The molecule has 0 aliphatic heterocycles. The number of aliphatic carboxylic acids is 1. The van der Waals surface area contributed by atoms with Crippen LogP contribution < -0.4 is 0 Å². The highest BCUT2D eigenvalue weighted by molar-refractivity contribution is 6.01. The molecule has 0 aliphatic rings. The van der Waals surface area contributed by atoms with Gasteiger partial charge in [0.25, 0.3) is 0 Å². The van der Waals surface area contributed by atoms with Gasteiger partial charge < -0.3 is 10.0 Å². The highest BCUT2D eigenvalue weighted by Crippen LogP contribution is 2.08. The Morgan fingerprint density at radius 3 is 2.25 bits per heavy atom. The van der Waals surface area contributed by atoms with E-state index < -0.39 is 5.97 Å². The first-order chi connectivity index (χ1) is 7.31. The third kappa shape index (κ3) is 3.73. The molecule has 0 spiro atoms. The topological polar surface area (TPSA) is 81.4 Å². The third-order valence-corrected chi connectivity index (χ3v) is 2.32. The van der Waals surface area contributed by atoms with Crippen molar-refractivity contribution in [1.82, 2.24) is 4.90 Å². The van der Waals surface area contributed by atoms with Gasteiger partial charge in [0.2, 0.25) is 5.91 Å². The highest BCUT2D eigenvalue weighted by Gasteiger charge is 2.17. The van der Waals surface area contributed by atoms with Gasteiger partial charge in [-0.2, -0.15) is 5.26 Å². The molecule has 1 N–H and O–H groups in total. The first kappa shape index (κ1) is 14.2. The van der Waals surface area contributed by atoms with E-state index in [2.05, 4.69) is 0 Å². The third-order valence-electron chi connectivity index (χ3n) is 2.32. The van der Waals surface area contributed by atoms with Gasteiger partial charge in [-0.25, -0.2) is 4.79 Å². The minimum atomic E-state index is -1.10. The number of carbonyl (C=O) groups is 2. The van der Waals surface area contributed by atoms with Crippen LogP contribution in [0.1, 0.15) is 20.8 Å². The van der Waals surface area contributed by atoms with Crippen LogP contribution in [0, 0.1) is 17.2 Å². The number of rotatable bonds is 4. The maximum absolute atomic E-state index is 11.7. The fraction of sp³-hybridized carbons (Fsp3) is 0.545. The number of nitriles is 1. The van der Waals surface area contributed by atoms with E-state index in [1.807, 2.05) is 6.07 Å². The minimum absolute atomic E-state index is 0.0291. The standard InChI is InChI=1S/C11H16N2O3/c1-7(5-12)6-13(4)10(14)8(2)9(3)11(15)16/h7H,6H2,1-4H3,(H,15,16). The second-order valence-corrected chi connectivity index (χ2v) is 3.77. The number of nitrogens with zero attached hydrogens (tertiary/aromatic N) is 2. The normalized spacial score (nSPS) is 13.4. The molecule has 0 saturated heterocycles. The summed E-state index contributed by atoms with van der Waals surface area (Å²) in [6, 6.07) is 2.02. The maximum atomic E-state index is 11.7. The molecule has 0 aromatic rings. The van der Waals surface area contributed by atoms with Crippen molar-refractivity contribution in [2.45, 2.75) is 20.8 Å². The molecule has 0 aliphatic carbocycles. The molecule has 88 valence electrons. The number of carbonyl (C=O) groups excluding carboxylic acids is 1. The fourth-order valence-corrected chi connectivity index (χ4v) is 1.14. The van der Waals surface area contributed by atoms with Gasteiger partial charge in [-0.3, -0.25) is 4.79 Å². The molecule has 0 fully saturated rings. The molecule has 0 bridgehead atoms. The Labute approximate surface area is 95.0 Å². The minimum Gasteiger partial charge on any atom is -0.478 e. The van der Waals surface area contributed by atoms with Crippen molar-refractivity contribution in [3.8, 4) is 6.07 Å². The van der Waals surface area contributed by atoms with Crippen molar-refractivity contribution in [2.24, 2.45) is 5.92 Å².